The van der Waals surface area contributed by atoms with E-state index in [1.54, 1.807) is 0 Å². The van der Waals surface area contributed by atoms with Crippen LogP contribution >= 0.6 is 0 Å². The molecule has 1 heterocycles. The molecule has 0 N–H and O–H groups in total. The lowest BCUT2D eigenvalue weighted by molar-refractivity contribution is -0.914. The summed E-state index contributed by atoms with van der Waals surface area (Å²) in [6, 6.07) is 0. The van der Waals surface area contributed by atoms with Crippen LogP contribution in [0.3, 0.4) is 0 Å². The number of likely N-dealkylation sites (tertiary alicyclic amines) is 1. The van der Waals surface area contributed by atoms with E-state index in [0.717, 1.165) is 17.4 Å². The molecule has 0 aliphatic carbocycles. The molecule has 0 spiro atoms. The van der Waals surface area contributed by atoms with Crippen molar-refractivity contribution in [1.82, 2.24) is 0 Å². The summed E-state index contributed by atoms with van der Waals surface area (Å²) in [6.07, 6.45) is 25.0. The van der Waals surface area contributed by atoms with E-state index in [0.29, 0.717) is 13.0 Å². The Labute approximate surface area is 182 Å². The van der Waals surface area contributed by atoms with Crippen molar-refractivity contribution in [3.8, 4) is 0 Å². The first-order valence-corrected chi connectivity index (χ1v) is 13.2. The first kappa shape index (κ1) is 26.5. The molecule has 0 amide bonds. The highest BCUT2D eigenvalue weighted by atomic mass is 16.5. The third-order valence-electron chi connectivity index (χ3n) is 6.77. The van der Waals surface area contributed by atoms with Gasteiger partial charge >= 0.3 is 5.97 Å². The Morgan fingerprint density at radius 2 is 1.14 bits per heavy atom. The fourth-order valence-electron chi connectivity index (χ4n) is 4.59. The first-order chi connectivity index (χ1) is 14.2. The average molecular weight is 411 g/mol. The highest BCUT2D eigenvalue weighted by molar-refractivity contribution is 5.69. The van der Waals surface area contributed by atoms with E-state index in [4.69, 9.17) is 4.74 Å². The Morgan fingerprint density at radius 1 is 0.690 bits per heavy atom. The molecule has 0 radical (unpaired) electrons. The minimum atomic E-state index is 0.0169. The molecule has 1 saturated heterocycles. The zero-order valence-corrected chi connectivity index (χ0v) is 20.0. The van der Waals surface area contributed by atoms with Crippen LogP contribution in [0.4, 0.5) is 0 Å². The van der Waals surface area contributed by atoms with E-state index >= 15 is 0 Å². The SMILES string of the molecule is CCCCCCCCCCCCCCCCCC(=O)OCC[N+]1(C)CCCCC1. The molecule has 1 aliphatic heterocycles. The van der Waals surface area contributed by atoms with Gasteiger partial charge in [-0.05, 0) is 25.7 Å². The summed E-state index contributed by atoms with van der Waals surface area (Å²) in [4.78, 5) is 11.9. The second kappa shape index (κ2) is 18.2. The van der Waals surface area contributed by atoms with Crippen LogP contribution in [-0.2, 0) is 9.53 Å². The van der Waals surface area contributed by atoms with Gasteiger partial charge in [0.15, 0.2) is 0 Å². The molecule has 0 saturated carbocycles. The van der Waals surface area contributed by atoms with Gasteiger partial charge in [0.1, 0.15) is 13.2 Å². The summed E-state index contributed by atoms with van der Waals surface area (Å²) in [5.74, 6) is 0.0169. The lowest BCUT2D eigenvalue weighted by Gasteiger charge is -2.37. The van der Waals surface area contributed by atoms with Crippen LogP contribution in [0, 0.1) is 0 Å². The molecule has 0 atom stereocenters. The number of unbranched alkanes of at least 4 members (excludes halogenated alkanes) is 14. The van der Waals surface area contributed by atoms with Gasteiger partial charge < -0.3 is 9.22 Å². The smallest absolute Gasteiger partial charge is 0.305 e. The van der Waals surface area contributed by atoms with Crippen LogP contribution < -0.4 is 0 Å². The van der Waals surface area contributed by atoms with Crippen molar-refractivity contribution < 1.29 is 14.0 Å². The maximum atomic E-state index is 11.9. The van der Waals surface area contributed by atoms with Crippen molar-refractivity contribution in [2.24, 2.45) is 0 Å². The molecule has 1 aliphatic rings. The quantitative estimate of drug-likeness (QED) is 0.126. The van der Waals surface area contributed by atoms with Gasteiger partial charge in [-0.2, -0.15) is 0 Å². The summed E-state index contributed by atoms with van der Waals surface area (Å²) in [5.41, 5.74) is 0. The topological polar surface area (TPSA) is 26.3 Å². The monoisotopic (exact) mass is 410 g/mol. The predicted molar refractivity (Wildman–Crippen MR) is 125 cm³/mol. The molecule has 1 rings (SSSR count). The molecule has 0 aromatic heterocycles. The normalized spacial score (nSPS) is 16.1. The number of likely N-dealkylation sites (N-methyl/N-ethyl adjacent to an activating group) is 1. The van der Waals surface area contributed by atoms with Crippen LogP contribution in [0.25, 0.3) is 0 Å². The third kappa shape index (κ3) is 15.9. The first-order valence-electron chi connectivity index (χ1n) is 13.2. The number of carbonyl (C=O) groups excluding carboxylic acids is 1. The van der Waals surface area contributed by atoms with E-state index in [1.807, 2.05) is 0 Å². The van der Waals surface area contributed by atoms with Gasteiger partial charge in [-0.15, -0.1) is 0 Å². The van der Waals surface area contributed by atoms with E-state index < -0.39 is 0 Å². The Morgan fingerprint density at radius 3 is 1.62 bits per heavy atom. The number of nitrogens with zero attached hydrogens (tertiary/aromatic N) is 1. The third-order valence-corrected chi connectivity index (χ3v) is 6.77. The summed E-state index contributed by atoms with van der Waals surface area (Å²) in [7, 11) is 2.31. The van der Waals surface area contributed by atoms with Crippen molar-refractivity contribution in [1.29, 1.82) is 0 Å². The number of piperidine rings is 1. The van der Waals surface area contributed by atoms with Crippen molar-refractivity contribution in [2.45, 2.75) is 129 Å². The summed E-state index contributed by atoms with van der Waals surface area (Å²) in [6.45, 7) is 6.37. The van der Waals surface area contributed by atoms with Crippen LogP contribution in [0.2, 0.25) is 0 Å². The summed E-state index contributed by atoms with van der Waals surface area (Å²) < 4.78 is 6.56. The second-order valence-electron chi connectivity index (χ2n) is 9.77. The molecule has 0 aromatic rings. The molecular weight excluding hydrogens is 358 g/mol. The Kier molecular flexibility index (Phi) is 16.6. The van der Waals surface area contributed by atoms with Crippen LogP contribution in [0.15, 0.2) is 0 Å². The second-order valence-corrected chi connectivity index (χ2v) is 9.77. The van der Waals surface area contributed by atoms with Crippen LogP contribution in [0.1, 0.15) is 129 Å². The standard InChI is InChI=1S/C26H52NO2/c1-3-4-5-6-7-8-9-10-11-12-13-14-15-16-18-21-26(28)29-25-24-27(2)22-19-17-20-23-27/h3-25H2,1-2H3/q+1. The highest BCUT2D eigenvalue weighted by Crippen LogP contribution is 2.16. The lowest BCUT2D eigenvalue weighted by atomic mass is 10.0. The molecule has 0 aromatic carbocycles. The molecule has 3 nitrogen and oxygen atoms in total. The molecular formula is C26H52NO2+. The van der Waals surface area contributed by atoms with Crippen molar-refractivity contribution >= 4 is 5.97 Å². The lowest BCUT2D eigenvalue weighted by Crippen LogP contribution is -2.49. The van der Waals surface area contributed by atoms with Crippen molar-refractivity contribution in [3.63, 3.8) is 0 Å². The molecule has 172 valence electrons. The van der Waals surface area contributed by atoms with Crippen molar-refractivity contribution in [3.05, 3.63) is 0 Å². The number of rotatable bonds is 19. The number of carbonyl (C=O) groups is 1. The maximum absolute atomic E-state index is 11.9. The largest absolute Gasteiger partial charge is 0.460 e. The minimum Gasteiger partial charge on any atom is -0.460 e. The van der Waals surface area contributed by atoms with E-state index in [2.05, 4.69) is 14.0 Å². The molecule has 0 unspecified atom stereocenters. The van der Waals surface area contributed by atoms with E-state index in [1.165, 1.54) is 122 Å². The molecule has 1 fully saturated rings. The highest BCUT2D eigenvalue weighted by Gasteiger charge is 2.24. The van der Waals surface area contributed by atoms with Gasteiger partial charge in [0.25, 0.3) is 0 Å². The zero-order chi connectivity index (χ0) is 21.0. The Balaban J connectivity index is 1.77. The van der Waals surface area contributed by atoms with Crippen molar-refractivity contribution in [2.75, 3.05) is 33.3 Å². The number of hydrogen-bond donors (Lipinski definition) is 0. The van der Waals surface area contributed by atoms with Gasteiger partial charge in [0, 0.05) is 6.42 Å². The van der Waals surface area contributed by atoms with E-state index in [-0.39, 0.29) is 5.97 Å². The van der Waals surface area contributed by atoms with Crippen LogP contribution in [-0.4, -0.2) is 43.7 Å². The van der Waals surface area contributed by atoms with Gasteiger partial charge in [0.05, 0.1) is 20.1 Å². The number of ether oxygens (including phenoxy) is 1. The fraction of sp³-hybridized carbons (Fsp3) is 0.962. The van der Waals surface area contributed by atoms with Crippen LogP contribution in [0.5, 0.6) is 0 Å². The molecule has 3 heteroatoms. The summed E-state index contributed by atoms with van der Waals surface area (Å²) >= 11 is 0. The Hall–Kier alpha value is -0.570. The maximum Gasteiger partial charge on any atom is 0.305 e. The number of esters is 1. The average Bonchev–Trinajstić information content (AvgIpc) is 2.71. The fourth-order valence-corrected chi connectivity index (χ4v) is 4.59. The van der Waals surface area contributed by atoms with E-state index in [9.17, 15) is 4.79 Å². The summed E-state index contributed by atoms with van der Waals surface area (Å²) in [5, 5.41) is 0. The minimum absolute atomic E-state index is 0.0169. The number of quaternary nitrogens is 1. The molecule has 0 bridgehead atoms. The van der Waals surface area contributed by atoms with Gasteiger partial charge in [0.2, 0.25) is 0 Å². The zero-order valence-electron chi connectivity index (χ0n) is 20.0. The predicted octanol–water partition coefficient (Wildman–Crippen LogP) is 7.42. The number of hydrogen-bond acceptors (Lipinski definition) is 2. The van der Waals surface area contributed by atoms with Gasteiger partial charge in [-0.1, -0.05) is 96.8 Å². The Bertz CT molecular complexity index is 377. The van der Waals surface area contributed by atoms with Gasteiger partial charge in [-0.3, -0.25) is 4.79 Å². The van der Waals surface area contributed by atoms with Gasteiger partial charge in [-0.25, -0.2) is 0 Å². The molecule has 29 heavy (non-hydrogen) atoms.